The van der Waals surface area contributed by atoms with Gasteiger partial charge in [-0.05, 0) is 24.8 Å². The average Bonchev–Trinajstić information content (AvgIpc) is 2.79. The fourth-order valence-electron chi connectivity index (χ4n) is 6.53. The second kappa shape index (κ2) is 4.99. The maximum atomic E-state index is 13.4. The predicted molar refractivity (Wildman–Crippen MR) is 98.9 cm³/mol. The number of carbonyl (C=O) groups excluding carboxylic acids is 3. The zero-order valence-corrected chi connectivity index (χ0v) is 16.7. The molecule has 0 amide bonds. The Bertz CT molecular complexity index is 875. The lowest BCUT2D eigenvalue weighted by atomic mass is 9.46. The molecule has 4 atom stereocenters. The third-order valence-electron chi connectivity index (χ3n) is 8.46. The van der Waals surface area contributed by atoms with Crippen molar-refractivity contribution in [1.82, 2.24) is 0 Å². The predicted octanol–water partition coefficient (Wildman–Crippen LogP) is 3.21. The maximum absolute atomic E-state index is 13.4. The van der Waals surface area contributed by atoms with Gasteiger partial charge in [0.15, 0.2) is 11.5 Å². The van der Waals surface area contributed by atoms with E-state index in [0.29, 0.717) is 42.4 Å². The molecule has 0 unspecified atom stereocenters. The number of aliphatic hydroxyl groups is 2. The first kappa shape index (κ1) is 18.6. The van der Waals surface area contributed by atoms with Gasteiger partial charge >= 0.3 is 0 Å². The molecule has 27 heavy (non-hydrogen) atoms. The van der Waals surface area contributed by atoms with Crippen LogP contribution in [-0.4, -0.2) is 33.7 Å². The topological polar surface area (TPSA) is 91.7 Å². The Morgan fingerprint density at radius 3 is 2.19 bits per heavy atom. The molecule has 4 rings (SSSR count). The fraction of sp³-hybridized carbons (Fsp3) is 0.682. The van der Waals surface area contributed by atoms with E-state index in [2.05, 4.69) is 0 Å². The van der Waals surface area contributed by atoms with Gasteiger partial charge < -0.3 is 10.2 Å². The molecule has 2 N–H and O–H groups in total. The van der Waals surface area contributed by atoms with Crippen molar-refractivity contribution < 1.29 is 24.6 Å². The van der Waals surface area contributed by atoms with Crippen LogP contribution in [0, 0.1) is 21.7 Å². The molecule has 0 aromatic rings. The van der Waals surface area contributed by atoms with Crippen LogP contribution >= 0.6 is 0 Å². The smallest absolute Gasteiger partial charge is 0.224 e. The zero-order chi connectivity index (χ0) is 20.2. The third-order valence-corrected chi connectivity index (χ3v) is 8.46. The molecule has 0 heterocycles. The second-order valence-electron chi connectivity index (χ2n) is 10.1. The zero-order valence-electron chi connectivity index (χ0n) is 16.7. The summed E-state index contributed by atoms with van der Waals surface area (Å²) in [5, 5.41) is 21.5. The van der Waals surface area contributed by atoms with Gasteiger partial charge in [0.25, 0.3) is 0 Å². The molecule has 0 aliphatic heterocycles. The Morgan fingerprint density at radius 2 is 1.56 bits per heavy atom. The van der Waals surface area contributed by atoms with E-state index in [1.165, 1.54) is 0 Å². The monoisotopic (exact) mass is 372 g/mol. The number of hydrogen-bond donors (Lipinski definition) is 2. The summed E-state index contributed by atoms with van der Waals surface area (Å²) in [6.45, 7) is 9.25. The summed E-state index contributed by atoms with van der Waals surface area (Å²) in [6.07, 6.45) is 1.28. The number of allylic oxidation sites excluding steroid dienone is 2. The Kier molecular flexibility index (Phi) is 3.44. The van der Waals surface area contributed by atoms with Crippen LogP contribution in [0.5, 0.6) is 0 Å². The van der Waals surface area contributed by atoms with E-state index in [4.69, 9.17) is 0 Å². The van der Waals surface area contributed by atoms with Gasteiger partial charge in [0, 0.05) is 45.6 Å². The minimum Gasteiger partial charge on any atom is -0.504 e. The number of hydrogen-bond acceptors (Lipinski definition) is 5. The molecule has 0 bridgehead atoms. The Labute approximate surface area is 159 Å². The molecule has 0 aromatic carbocycles. The van der Waals surface area contributed by atoms with Crippen molar-refractivity contribution in [2.75, 3.05) is 0 Å². The van der Waals surface area contributed by atoms with Crippen LogP contribution in [0.15, 0.2) is 22.5 Å². The summed E-state index contributed by atoms with van der Waals surface area (Å²) < 4.78 is 0. The molecule has 2 fully saturated rings. The van der Waals surface area contributed by atoms with E-state index in [-0.39, 0.29) is 23.7 Å². The van der Waals surface area contributed by atoms with Crippen molar-refractivity contribution in [2.45, 2.75) is 72.8 Å². The van der Waals surface area contributed by atoms with Crippen LogP contribution < -0.4 is 0 Å². The number of rotatable bonds is 0. The van der Waals surface area contributed by atoms with Crippen LogP contribution in [0.2, 0.25) is 0 Å². The minimum absolute atomic E-state index is 0.0246. The Morgan fingerprint density at radius 1 is 0.926 bits per heavy atom. The maximum Gasteiger partial charge on any atom is 0.224 e. The largest absolute Gasteiger partial charge is 0.504 e. The van der Waals surface area contributed by atoms with Crippen LogP contribution in [-0.2, 0) is 14.4 Å². The summed E-state index contributed by atoms with van der Waals surface area (Å²) in [5.41, 5.74) is -1.92. The third kappa shape index (κ3) is 1.86. The van der Waals surface area contributed by atoms with Crippen molar-refractivity contribution >= 4 is 17.3 Å². The van der Waals surface area contributed by atoms with E-state index in [9.17, 15) is 24.6 Å². The summed E-state index contributed by atoms with van der Waals surface area (Å²) in [7, 11) is 0. The second-order valence-corrected chi connectivity index (χ2v) is 10.1. The molecular weight excluding hydrogens is 344 g/mol. The molecule has 5 heteroatoms. The van der Waals surface area contributed by atoms with Crippen molar-refractivity contribution in [2.24, 2.45) is 21.7 Å². The standard InChI is InChI=1S/C22H28O5/c1-19(2)12(24)6-8-20(3)14-11(23)10-22(5)13(25)7-9-21(22,4)15(14)16(26)17(27)18(19)20/h12,24,27H,6-10H2,1-5H3/t12-,20+,21+,22-/m0/s1. The lowest BCUT2D eigenvalue weighted by Crippen LogP contribution is -2.55. The summed E-state index contributed by atoms with van der Waals surface area (Å²) in [6, 6.07) is 0. The van der Waals surface area contributed by atoms with E-state index >= 15 is 0 Å². The van der Waals surface area contributed by atoms with E-state index in [1.54, 1.807) is 6.92 Å². The van der Waals surface area contributed by atoms with Crippen molar-refractivity contribution in [1.29, 1.82) is 0 Å². The van der Waals surface area contributed by atoms with Crippen LogP contribution in [0.4, 0.5) is 0 Å². The van der Waals surface area contributed by atoms with Crippen LogP contribution in [0.25, 0.3) is 0 Å². The molecule has 0 spiro atoms. The molecule has 4 aliphatic carbocycles. The highest BCUT2D eigenvalue weighted by molar-refractivity contribution is 6.19. The normalized spacial score (nSPS) is 43.6. The van der Waals surface area contributed by atoms with Gasteiger partial charge in [-0.1, -0.05) is 34.6 Å². The average molecular weight is 372 g/mol. The molecule has 0 aromatic heterocycles. The molecule has 2 saturated carbocycles. The molecule has 4 aliphatic rings. The number of Topliss-reactive ketones (excluding diaryl/α,β-unsaturated/α-hetero) is 3. The number of aliphatic hydroxyl groups excluding tert-OH is 2. The van der Waals surface area contributed by atoms with Gasteiger partial charge in [-0.15, -0.1) is 0 Å². The van der Waals surface area contributed by atoms with Gasteiger partial charge in [0.1, 0.15) is 5.78 Å². The van der Waals surface area contributed by atoms with E-state index < -0.39 is 33.5 Å². The van der Waals surface area contributed by atoms with Gasteiger partial charge in [-0.3, -0.25) is 14.4 Å². The first-order valence-electron chi connectivity index (χ1n) is 9.81. The number of ketones is 3. The fourth-order valence-corrected chi connectivity index (χ4v) is 6.53. The molecular formula is C22H28O5. The quantitative estimate of drug-likeness (QED) is 0.681. The van der Waals surface area contributed by atoms with E-state index in [0.717, 1.165) is 0 Å². The first-order valence-corrected chi connectivity index (χ1v) is 9.81. The first-order chi connectivity index (χ1) is 12.3. The highest BCUT2D eigenvalue weighted by Gasteiger charge is 2.66. The van der Waals surface area contributed by atoms with Gasteiger partial charge in [0.2, 0.25) is 5.78 Å². The SMILES string of the molecule is CC1(C)C2=C(O)C(=O)C3=C(C(=O)C[C@@]4(C)C(=O)CC[C@]34C)[C@@]2(C)CC[C@@H]1O. The van der Waals surface area contributed by atoms with Crippen LogP contribution in [0.3, 0.4) is 0 Å². The summed E-state index contributed by atoms with van der Waals surface area (Å²) in [4.78, 5) is 39.4. The molecule has 146 valence electrons. The van der Waals surface area contributed by atoms with Crippen molar-refractivity contribution in [3.05, 3.63) is 22.5 Å². The highest BCUT2D eigenvalue weighted by Crippen LogP contribution is 2.67. The number of fused-ring (bicyclic) bond motifs is 4. The lowest BCUT2D eigenvalue weighted by molar-refractivity contribution is -0.136. The minimum atomic E-state index is -0.892. The highest BCUT2D eigenvalue weighted by atomic mass is 16.3. The Hall–Kier alpha value is -1.75. The molecule has 0 radical (unpaired) electrons. The van der Waals surface area contributed by atoms with Crippen LogP contribution in [0.1, 0.15) is 66.7 Å². The number of carbonyl (C=O) groups is 3. The van der Waals surface area contributed by atoms with E-state index in [1.807, 2.05) is 27.7 Å². The summed E-state index contributed by atoms with van der Waals surface area (Å²) in [5.74, 6) is -1.00. The molecule has 5 nitrogen and oxygen atoms in total. The Balaban J connectivity index is 2.04. The lowest BCUT2D eigenvalue weighted by Gasteiger charge is -2.56. The molecule has 0 saturated heterocycles. The van der Waals surface area contributed by atoms with Crippen molar-refractivity contribution in [3.63, 3.8) is 0 Å². The van der Waals surface area contributed by atoms with Gasteiger partial charge in [0.05, 0.1) is 6.10 Å². The van der Waals surface area contributed by atoms with Gasteiger partial charge in [-0.25, -0.2) is 0 Å². The van der Waals surface area contributed by atoms with Crippen molar-refractivity contribution in [3.8, 4) is 0 Å². The van der Waals surface area contributed by atoms with Gasteiger partial charge in [-0.2, -0.15) is 0 Å². The summed E-state index contributed by atoms with van der Waals surface area (Å²) >= 11 is 0.